The first-order chi connectivity index (χ1) is 8.75. The molecule has 2 nitrogen and oxygen atoms in total. The van der Waals surface area contributed by atoms with Crippen LogP contribution in [0.5, 0.6) is 0 Å². The first kappa shape index (κ1) is 12.4. The summed E-state index contributed by atoms with van der Waals surface area (Å²) in [5.41, 5.74) is 2.36. The van der Waals surface area contributed by atoms with Crippen molar-refractivity contribution in [2.24, 2.45) is 0 Å². The van der Waals surface area contributed by atoms with Crippen molar-refractivity contribution in [2.45, 2.75) is 19.4 Å². The Labute approximate surface area is 108 Å². The third-order valence-electron chi connectivity index (χ3n) is 2.86. The zero-order valence-corrected chi connectivity index (χ0v) is 10.5. The highest BCUT2D eigenvalue weighted by molar-refractivity contribution is 5.73. The van der Waals surface area contributed by atoms with Crippen LogP contribution in [0.4, 0.5) is 0 Å². The highest BCUT2D eigenvalue weighted by Crippen LogP contribution is 2.18. The number of hydrogen-bond donors (Lipinski definition) is 1. The van der Waals surface area contributed by atoms with Crippen LogP contribution in [-0.2, 0) is 11.2 Å². The average Bonchev–Trinajstić information content (AvgIpc) is 2.40. The van der Waals surface area contributed by atoms with Gasteiger partial charge in [0.05, 0.1) is 6.04 Å². The van der Waals surface area contributed by atoms with E-state index in [1.165, 1.54) is 5.56 Å². The van der Waals surface area contributed by atoms with Gasteiger partial charge in [-0.15, -0.1) is 0 Å². The van der Waals surface area contributed by atoms with Crippen LogP contribution in [0, 0.1) is 0 Å². The fourth-order valence-corrected chi connectivity index (χ4v) is 2.03. The van der Waals surface area contributed by atoms with Gasteiger partial charge in [0.25, 0.3) is 0 Å². The van der Waals surface area contributed by atoms with Gasteiger partial charge in [-0.25, -0.2) is 0 Å². The molecule has 0 fully saturated rings. The lowest BCUT2D eigenvalue weighted by Gasteiger charge is -2.18. The summed E-state index contributed by atoms with van der Waals surface area (Å²) in [6.45, 7) is 1.56. The van der Waals surface area contributed by atoms with E-state index in [-0.39, 0.29) is 11.9 Å². The molecule has 0 radical (unpaired) electrons. The minimum absolute atomic E-state index is 0.000200. The van der Waals surface area contributed by atoms with E-state index in [0.29, 0.717) is 0 Å². The van der Waals surface area contributed by atoms with Crippen molar-refractivity contribution in [1.82, 2.24) is 5.32 Å². The Balaban J connectivity index is 2.18. The van der Waals surface area contributed by atoms with E-state index >= 15 is 0 Å². The molecule has 2 aromatic carbocycles. The van der Waals surface area contributed by atoms with E-state index < -0.39 is 0 Å². The maximum absolute atomic E-state index is 11.3. The quantitative estimate of drug-likeness (QED) is 0.872. The summed E-state index contributed by atoms with van der Waals surface area (Å²) in [4.78, 5) is 11.3. The van der Waals surface area contributed by atoms with E-state index in [0.717, 1.165) is 12.0 Å². The lowest BCUT2D eigenvalue weighted by Crippen LogP contribution is -2.27. The lowest BCUT2D eigenvalue weighted by molar-refractivity contribution is -0.119. The monoisotopic (exact) mass is 239 g/mol. The Kier molecular flexibility index (Phi) is 4.13. The summed E-state index contributed by atoms with van der Waals surface area (Å²) < 4.78 is 0. The molecule has 0 heterocycles. The Bertz CT molecular complexity index is 493. The summed E-state index contributed by atoms with van der Waals surface area (Å²) in [6.07, 6.45) is 0.810. The van der Waals surface area contributed by atoms with E-state index in [1.807, 2.05) is 48.5 Å². The molecular formula is C16H17NO. The number of carbonyl (C=O) groups is 1. The third kappa shape index (κ3) is 3.45. The number of benzene rings is 2. The van der Waals surface area contributed by atoms with Crippen molar-refractivity contribution in [3.8, 4) is 0 Å². The highest BCUT2D eigenvalue weighted by atomic mass is 16.1. The van der Waals surface area contributed by atoms with E-state index in [1.54, 1.807) is 6.92 Å². The van der Waals surface area contributed by atoms with Crippen LogP contribution in [0.2, 0.25) is 0 Å². The van der Waals surface area contributed by atoms with Crippen LogP contribution in [0.1, 0.15) is 24.1 Å². The number of nitrogens with one attached hydrogen (secondary N) is 1. The zero-order chi connectivity index (χ0) is 12.8. The van der Waals surface area contributed by atoms with Gasteiger partial charge in [0.15, 0.2) is 0 Å². The lowest BCUT2D eigenvalue weighted by atomic mass is 9.99. The molecule has 0 aliphatic carbocycles. The van der Waals surface area contributed by atoms with Crippen molar-refractivity contribution in [3.05, 3.63) is 71.8 Å². The number of hydrogen-bond acceptors (Lipinski definition) is 1. The largest absolute Gasteiger partial charge is 0.349 e. The summed E-state index contributed by atoms with van der Waals surface area (Å²) in [7, 11) is 0. The van der Waals surface area contributed by atoms with Crippen molar-refractivity contribution in [1.29, 1.82) is 0 Å². The first-order valence-corrected chi connectivity index (χ1v) is 6.11. The Morgan fingerprint density at radius 1 is 1.00 bits per heavy atom. The van der Waals surface area contributed by atoms with Crippen molar-refractivity contribution < 1.29 is 4.79 Å². The topological polar surface area (TPSA) is 29.1 Å². The van der Waals surface area contributed by atoms with Gasteiger partial charge >= 0.3 is 0 Å². The molecular weight excluding hydrogens is 222 g/mol. The van der Waals surface area contributed by atoms with Crippen molar-refractivity contribution in [2.75, 3.05) is 0 Å². The normalized spacial score (nSPS) is 11.8. The average molecular weight is 239 g/mol. The summed E-state index contributed by atoms with van der Waals surface area (Å²) in [5, 5.41) is 3.01. The number of carbonyl (C=O) groups excluding carboxylic acids is 1. The molecule has 0 aliphatic heterocycles. The Morgan fingerprint density at radius 2 is 1.56 bits per heavy atom. The summed E-state index contributed by atoms with van der Waals surface area (Å²) >= 11 is 0. The van der Waals surface area contributed by atoms with Crippen LogP contribution < -0.4 is 5.32 Å². The second-order valence-corrected chi connectivity index (χ2v) is 4.35. The van der Waals surface area contributed by atoms with Crippen molar-refractivity contribution >= 4 is 5.91 Å². The molecule has 18 heavy (non-hydrogen) atoms. The van der Waals surface area contributed by atoms with Crippen LogP contribution in [0.3, 0.4) is 0 Å². The van der Waals surface area contributed by atoms with Crippen LogP contribution in [0.25, 0.3) is 0 Å². The minimum Gasteiger partial charge on any atom is -0.349 e. The zero-order valence-electron chi connectivity index (χ0n) is 10.5. The second-order valence-electron chi connectivity index (χ2n) is 4.35. The smallest absolute Gasteiger partial charge is 0.217 e. The maximum atomic E-state index is 11.3. The molecule has 92 valence electrons. The van der Waals surface area contributed by atoms with Crippen LogP contribution in [-0.4, -0.2) is 5.91 Å². The molecule has 2 rings (SSSR count). The molecule has 0 bridgehead atoms. The standard InChI is InChI=1S/C16H17NO/c1-13(18)17-16(15-10-6-3-7-11-15)12-14-8-4-2-5-9-14/h2-11,16H,12H2,1H3,(H,17,18)/t16-/m0/s1. The fourth-order valence-electron chi connectivity index (χ4n) is 2.03. The number of amides is 1. The first-order valence-electron chi connectivity index (χ1n) is 6.11. The number of rotatable bonds is 4. The summed E-state index contributed by atoms with van der Waals surface area (Å²) in [6, 6.07) is 20.3. The molecule has 0 saturated carbocycles. The van der Waals surface area contributed by atoms with Gasteiger partial charge in [0, 0.05) is 6.92 Å². The highest BCUT2D eigenvalue weighted by Gasteiger charge is 2.12. The molecule has 0 spiro atoms. The predicted molar refractivity (Wildman–Crippen MR) is 73.1 cm³/mol. The molecule has 0 aliphatic rings. The molecule has 0 aromatic heterocycles. The Hall–Kier alpha value is -2.09. The molecule has 1 amide bonds. The molecule has 0 saturated heterocycles. The van der Waals surface area contributed by atoms with Gasteiger partial charge in [-0.1, -0.05) is 60.7 Å². The van der Waals surface area contributed by atoms with Gasteiger partial charge in [0.1, 0.15) is 0 Å². The molecule has 1 N–H and O–H groups in total. The van der Waals surface area contributed by atoms with E-state index in [2.05, 4.69) is 17.4 Å². The SMILES string of the molecule is CC(=O)N[C@@H](Cc1ccccc1)c1ccccc1. The maximum Gasteiger partial charge on any atom is 0.217 e. The van der Waals surface area contributed by atoms with Gasteiger partial charge in [-0.2, -0.15) is 0 Å². The predicted octanol–water partition coefficient (Wildman–Crippen LogP) is 3.11. The van der Waals surface area contributed by atoms with Gasteiger partial charge in [0.2, 0.25) is 5.91 Å². The van der Waals surface area contributed by atoms with Crippen molar-refractivity contribution in [3.63, 3.8) is 0 Å². The van der Waals surface area contributed by atoms with Gasteiger partial charge in [-0.3, -0.25) is 4.79 Å². The summed E-state index contributed by atoms with van der Waals surface area (Å²) in [5.74, 6) is -0.000200. The molecule has 2 aromatic rings. The molecule has 2 heteroatoms. The van der Waals surface area contributed by atoms with Crippen LogP contribution >= 0.6 is 0 Å². The van der Waals surface area contributed by atoms with E-state index in [4.69, 9.17) is 0 Å². The van der Waals surface area contributed by atoms with E-state index in [9.17, 15) is 4.79 Å². The Morgan fingerprint density at radius 3 is 2.11 bits per heavy atom. The fraction of sp³-hybridized carbons (Fsp3) is 0.188. The third-order valence-corrected chi connectivity index (χ3v) is 2.86. The molecule has 0 unspecified atom stereocenters. The molecule has 1 atom stereocenters. The van der Waals surface area contributed by atoms with Crippen LogP contribution in [0.15, 0.2) is 60.7 Å². The minimum atomic E-state index is -0.000200. The van der Waals surface area contributed by atoms with Gasteiger partial charge < -0.3 is 5.32 Å². The second kappa shape index (κ2) is 6.01. The van der Waals surface area contributed by atoms with Gasteiger partial charge in [-0.05, 0) is 17.5 Å².